The maximum Gasteiger partial charge on any atom is 0.152 e. The van der Waals surface area contributed by atoms with Crippen molar-refractivity contribution in [2.75, 3.05) is 0 Å². The third-order valence-corrected chi connectivity index (χ3v) is 3.22. The molecule has 0 bridgehead atoms. The highest BCUT2D eigenvalue weighted by Gasteiger charge is 2.14. The summed E-state index contributed by atoms with van der Waals surface area (Å²) in [7, 11) is 0. The molecular formula is C7H10ClNS2. The molecule has 1 aromatic rings. The molecular weight excluding hydrogens is 198 g/mol. The van der Waals surface area contributed by atoms with Crippen molar-refractivity contribution in [3.63, 3.8) is 0 Å². The van der Waals surface area contributed by atoms with Gasteiger partial charge in [-0.15, -0.1) is 11.3 Å². The van der Waals surface area contributed by atoms with Crippen molar-refractivity contribution >= 4 is 34.7 Å². The van der Waals surface area contributed by atoms with Gasteiger partial charge in [-0.25, -0.2) is 4.98 Å². The first-order chi connectivity index (χ1) is 4.97. The van der Waals surface area contributed by atoms with Crippen molar-refractivity contribution in [1.29, 1.82) is 0 Å². The maximum absolute atomic E-state index is 5.68. The molecule has 0 aliphatic heterocycles. The summed E-state index contributed by atoms with van der Waals surface area (Å²) >= 11 is 9.02. The van der Waals surface area contributed by atoms with Gasteiger partial charge in [-0.05, 0) is 0 Å². The van der Waals surface area contributed by atoms with E-state index in [0.717, 1.165) is 4.34 Å². The Labute approximate surface area is 80.2 Å². The highest BCUT2D eigenvalue weighted by molar-refractivity contribution is 8.02. The second kappa shape index (κ2) is 3.33. The zero-order chi connectivity index (χ0) is 8.48. The third-order valence-electron chi connectivity index (χ3n) is 0.849. The van der Waals surface area contributed by atoms with Crippen LogP contribution in [0.4, 0.5) is 0 Å². The van der Waals surface area contributed by atoms with Gasteiger partial charge >= 0.3 is 0 Å². The molecule has 4 heteroatoms. The first-order valence-electron chi connectivity index (χ1n) is 3.27. The van der Waals surface area contributed by atoms with E-state index < -0.39 is 0 Å². The van der Waals surface area contributed by atoms with Crippen molar-refractivity contribution < 1.29 is 0 Å². The highest BCUT2D eigenvalue weighted by Crippen LogP contribution is 2.34. The summed E-state index contributed by atoms with van der Waals surface area (Å²) in [5.74, 6) is 0. The van der Waals surface area contributed by atoms with Crippen LogP contribution in [-0.4, -0.2) is 9.73 Å². The van der Waals surface area contributed by atoms with Crippen LogP contribution in [0.25, 0.3) is 0 Å². The molecule has 0 radical (unpaired) electrons. The van der Waals surface area contributed by atoms with Crippen LogP contribution in [-0.2, 0) is 0 Å². The van der Waals surface area contributed by atoms with E-state index in [1.807, 2.05) is 5.38 Å². The predicted molar refractivity (Wildman–Crippen MR) is 52.7 cm³/mol. The van der Waals surface area contributed by atoms with Crippen LogP contribution in [0, 0.1) is 0 Å². The molecule has 62 valence electrons. The zero-order valence-corrected chi connectivity index (χ0v) is 9.11. The number of rotatable bonds is 1. The minimum atomic E-state index is 0.223. The lowest BCUT2D eigenvalue weighted by molar-refractivity contribution is 0.802. The van der Waals surface area contributed by atoms with Gasteiger partial charge in [0.25, 0.3) is 0 Å². The van der Waals surface area contributed by atoms with E-state index >= 15 is 0 Å². The van der Waals surface area contributed by atoms with Gasteiger partial charge in [-0.2, -0.15) is 0 Å². The SMILES string of the molecule is CC(C)(C)Sc1nc(Cl)cs1. The Morgan fingerprint density at radius 3 is 2.55 bits per heavy atom. The minimum absolute atomic E-state index is 0.223. The fourth-order valence-electron chi connectivity index (χ4n) is 0.548. The summed E-state index contributed by atoms with van der Waals surface area (Å²) in [5, 5.41) is 2.46. The largest absolute Gasteiger partial charge is 0.218 e. The standard InChI is InChI=1S/C7H10ClNS2/c1-7(2,3)11-6-9-5(8)4-10-6/h4H,1-3H3. The van der Waals surface area contributed by atoms with Gasteiger partial charge in [0.2, 0.25) is 0 Å². The summed E-state index contributed by atoms with van der Waals surface area (Å²) in [6.07, 6.45) is 0. The molecule has 0 N–H and O–H groups in total. The zero-order valence-electron chi connectivity index (χ0n) is 6.72. The lowest BCUT2D eigenvalue weighted by Crippen LogP contribution is -2.06. The van der Waals surface area contributed by atoms with E-state index in [9.17, 15) is 0 Å². The molecule has 1 aromatic heterocycles. The minimum Gasteiger partial charge on any atom is -0.218 e. The van der Waals surface area contributed by atoms with Gasteiger partial charge in [0.1, 0.15) is 5.15 Å². The molecule has 1 nitrogen and oxygen atoms in total. The van der Waals surface area contributed by atoms with Gasteiger partial charge in [0.15, 0.2) is 4.34 Å². The average molecular weight is 208 g/mol. The molecule has 0 amide bonds. The van der Waals surface area contributed by atoms with Crippen molar-refractivity contribution in [2.24, 2.45) is 0 Å². The smallest absolute Gasteiger partial charge is 0.152 e. The highest BCUT2D eigenvalue weighted by atomic mass is 35.5. The quantitative estimate of drug-likeness (QED) is 0.652. The van der Waals surface area contributed by atoms with Crippen LogP contribution in [0.1, 0.15) is 20.8 Å². The first-order valence-corrected chi connectivity index (χ1v) is 5.35. The normalized spacial score (nSPS) is 12.0. The molecule has 11 heavy (non-hydrogen) atoms. The monoisotopic (exact) mass is 207 g/mol. The molecule has 0 fully saturated rings. The van der Waals surface area contributed by atoms with Crippen LogP contribution in [0.3, 0.4) is 0 Å². The predicted octanol–water partition coefficient (Wildman–Crippen LogP) is 3.69. The summed E-state index contributed by atoms with van der Waals surface area (Å²) in [6.45, 7) is 6.48. The third kappa shape index (κ3) is 3.45. The van der Waals surface area contributed by atoms with E-state index in [0.29, 0.717) is 5.15 Å². The Bertz CT molecular complexity index is 239. The van der Waals surface area contributed by atoms with E-state index in [2.05, 4.69) is 25.8 Å². The lowest BCUT2D eigenvalue weighted by atomic mass is 10.3. The van der Waals surface area contributed by atoms with Crippen molar-refractivity contribution in [1.82, 2.24) is 4.98 Å². The fraction of sp³-hybridized carbons (Fsp3) is 0.571. The molecule has 1 heterocycles. The van der Waals surface area contributed by atoms with E-state index in [1.165, 1.54) is 0 Å². The molecule has 0 saturated carbocycles. The molecule has 1 rings (SSSR count). The van der Waals surface area contributed by atoms with Crippen LogP contribution < -0.4 is 0 Å². The van der Waals surface area contributed by atoms with E-state index in [4.69, 9.17) is 11.6 Å². The number of halogens is 1. The van der Waals surface area contributed by atoms with Crippen molar-refractivity contribution in [3.8, 4) is 0 Å². The molecule has 0 aliphatic carbocycles. The fourth-order valence-corrected chi connectivity index (χ4v) is 3.02. The van der Waals surface area contributed by atoms with Crippen LogP contribution in [0.15, 0.2) is 9.72 Å². The lowest BCUT2D eigenvalue weighted by Gasteiger charge is -2.14. The van der Waals surface area contributed by atoms with Crippen molar-refractivity contribution in [2.45, 2.75) is 29.9 Å². The van der Waals surface area contributed by atoms with Crippen molar-refractivity contribution in [3.05, 3.63) is 10.5 Å². The van der Waals surface area contributed by atoms with E-state index in [-0.39, 0.29) is 4.75 Å². The second-order valence-electron chi connectivity index (χ2n) is 3.15. The summed E-state index contributed by atoms with van der Waals surface area (Å²) in [4.78, 5) is 4.14. The molecule has 0 aromatic carbocycles. The van der Waals surface area contributed by atoms with Gasteiger partial charge in [-0.3, -0.25) is 0 Å². The molecule has 0 unspecified atom stereocenters. The Kier molecular flexibility index (Phi) is 2.84. The Balaban J connectivity index is 2.65. The molecule has 0 atom stereocenters. The number of thiazole rings is 1. The second-order valence-corrected chi connectivity index (χ2v) is 6.47. The number of aromatic nitrogens is 1. The topological polar surface area (TPSA) is 12.9 Å². The van der Waals surface area contributed by atoms with Crippen LogP contribution in [0.5, 0.6) is 0 Å². The number of thioether (sulfide) groups is 1. The van der Waals surface area contributed by atoms with Gasteiger partial charge in [0, 0.05) is 10.1 Å². The number of hydrogen-bond donors (Lipinski definition) is 0. The average Bonchev–Trinajstić information content (AvgIpc) is 2.10. The number of hydrogen-bond acceptors (Lipinski definition) is 3. The summed E-state index contributed by atoms with van der Waals surface area (Å²) < 4.78 is 1.27. The summed E-state index contributed by atoms with van der Waals surface area (Å²) in [6, 6.07) is 0. The molecule has 0 spiro atoms. The molecule has 0 saturated heterocycles. The van der Waals surface area contributed by atoms with Gasteiger partial charge in [-0.1, -0.05) is 44.1 Å². The van der Waals surface area contributed by atoms with E-state index in [1.54, 1.807) is 23.1 Å². The Morgan fingerprint density at radius 1 is 1.55 bits per heavy atom. The van der Waals surface area contributed by atoms with Gasteiger partial charge in [0.05, 0.1) is 0 Å². The molecule has 0 aliphatic rings. The van der Waals surface area contributed by atoms with Crippen LogP contribution in [0.2, 0.25) is 5.15 Å². The first kappa shape index (κ1) is 9.36. The summed E-state index contributed by atoms with van der Waals surface area (Å²) in [5.41, 5.74) is 0. The Hall–Kier alpha value is 0.270. The Morgan fingerprint density at radius 2 is 2.18 bits per heavy atom. The van der Waals surface area contributed by atoms with Gasteiger partial charge < -0.3 is 0 Å². The number of nitrogens with zero attached hydrogens (tertiary/aromatic N) is 1. The van der Waals surface area contributed by atoms with Crippen LogP contribution >= 0.6 is 34.7 Å². The maximum atomic E-state index is 5.68.